The standard InChI is InChI=1S/C22H25N3O4S/c1-25(2)11-12-28-20-10-5-4-9-18(20)19-15-30-22(23-19)24-21(26)14-29-17-8-6-7-16(13-17)27-3/h4-10,13,15H,11-12,14H2,1-3H3,(H,23,24,26). The van der Waals surface area contributed by atoms with Crippen LogP contribution >= 0.6 is 11.3 Å². The normalized spacial score (nSPS) is 10.7. The van der Waals surface area contributed by atoms with Gasteiger partial charge in [0.15, 0.2) is 11.7 Å². The third kappa shape index (κ3) is 6.20. The number of hydrogen-bond donors (Lipinski definition) is 1. The highest BCUT2D eigenvalue weighted by molar-refractivity contribution is 7.14. The summed E-state index contributed by atoms with van der Waals surface area (Å²) >= 11 is 1.36. The summed E-state index contributed by atoms with van der Waals surface area (Å²) in [7, 11) is 5.59. The molecule has 0 saturated carbocycles. The summed E-state index contributed by atoms with van der Waals surface area (Å²) in [5.41, 5.74) is 1.64. The van der Waals surface area contributed by atoms with Crippen LogP contribution in [-0.2, 0) is 4.79 Å². The van der Waals surface area contributed by atoms with Crippen LogP contribution in [0.5, 0.6) is 17.2 Å². The van der Waals surface area contributed by atoms with Crippen molar-refractivity contribution in [1.82, 2.24) is 9.88 Å². The van der Waals surface area contributed by atoms with E-state index in [1.165, 1.54) is 11.3 Å². The average molecular weight is 428 g/mol. The molecule has 3 rings (SSSR count). The number of likely N-dealkylation sites (N-methyl/N-ethyl adjacent to an activating group) is 1. The van der Waals surface area contributed by atoms with E-state index >= 15 is 0 Å². The largest absolute Gasteiger partial charge is 0.497 e. The Labute approximate surface area is 180 Å². The lowest BCUT2D eigenvalue weighted by molar-refractivity contribution is -0.118. The summed E-state index contributed by atoms with van der Waals surface area (Å²) in [5, 5.41) is 5.18. The number of aromatic nitrogens is 1. The fourth-order valence-corrected chi connectivity index (χ4v) is 3.32. The molecule has 0 atom stereocenters. The molecule has 0 aliphatic heterocycles. The highest BCUT2D eigenvalue weighted by atomic mass is 32.1. The molecule has 3 aromatic rings. The number of hydrogen-bond acceptors (Lipinski definition) is 7. The molecule has 1 heterocycles. The average Bonchev–Trinajstić information content (AvgIpc) is 3.20. The SMILES string of the molecule is COc1cccc(OCC(=O)Nc2nc(-c3ccccc3OCCN(C)C)cs2)c1. The molecule has 1 amide bonds. The Morgan fingerprint density at radius 2 is 1.90 bits per heavy atom. The van der Waals surface area contributed by atoms with Crippen molar-refractivity contribution in [3.05, 3.63) is 53.9 Å². The van der Waals surface area contributed by atoms with Crippen LogP contribution in [0.3, 0.4) is 0 Å². The molecular formula is C22H25N3O4S. The molecule has 158 valence electrons. The van der Waals surface area contributed by atoms with Crippen LogP contribution in [0.1, 0.15) is 0 Å². The number of amides is 1. The van der Waals surface area contributed by atoms with E-state index in [2.05, 4.69) is 15.2 Å². The zero-order valence-corrected chi connectivity index (χ0v) is 18.1. The van der Waals surface area contributed by atoms with E-state index < -0.39 is 0 Å². The number of benzene rings is 2. The van der Waals surface area contributed by atoms with Crippen LogP contribution in [0.4, 0.5) is 5.13 Å². The fourth-order valence-electron chi connectivity index (χ4n) is 2.59. The summed E-state index contributed by atoms with van der Waals surface area (Å²) in [5.74, 6) is 1.72. The first-order valence-corrected chi connectivity index (χ1v) is 10.3. The van der Waals surface area contributed by atoms with Crippen molar-refractivity contribution in [1.29, 1.82) is 0 Å². The number of nitrogens with zero attached hydrogens (tertiary/aromatic N) is 2. The Balaban J connectivity index is 1.59. The Hall–Kier alpha value is -3.10. The Bertz CT molecular complexity index is 974. The topological polar surface area (TPSA) is 72.9 Å². The minimum atomic E-state index is -0.283. The molecule has 1 N–H and O–H groups in total. The van der Waals surface area contributed by atoms with Crippen LogP contribution in [0.25, 0.3) is 11.3 Å². The third-order valence-electron chi connectivity index (χ3n) is 4.12. The molecule has 0 aliphatic rings. The molecule has 0 spiro atoms. The summed E-state index contributed by atoms with van der Waals surface area (Å²) in [4.78, 5) is 18.8. The van der Waals surface area contributed by atoms with Crippen molar-refractivity contribution < 1.29 is 19.0 Å². The van der Waals surface area contributed by atoms with Gasteiger partial charge in [0.2, 0.25) is 0 Å². The first-order valence-electron chi connectivity index (χ1n) is 9.44. The van der Waals surface area contributed by atoms with Gasteiger partial charge in [0.25, 0.3) is 5.91 Å². The van der Waals surface area contributed by atoms with Crippen LogP contribution in [0, 0.1) is 0 Å². The molecular weight excluding hydrogens is 402 g/mol. The van der Waals surface area contributed by atoms with Crippen molar-refractivity contribution in [2.24, 2.45) is 0 Å². The van der Waals surface area contributed by atoms with Crippen LogP contribution in [0.2, 0.25) is 0 Å². The first-order chi connectivity index (χ1) is 14.5. The van der Waals surface area contributed by atoms with E-state index in [0.717, 1.165) is 23.6 Å². The summed E-state index contributed by atoms with van der Waals surface area (Å²) in [6.45, 7) is 1.28. The van der Waals surface area contributed by atoms with Gasteiger partial charge in [-0.05, 0) is 38.4 Å². The monoisotopic (exact) mass is 427 g/mol. The second-order valence-corrected chi connectivity index (χ2v) is 7.56. The van der Waals surface area contributed by atoms with Gasteiger partial charge in [-0.15, -0.1) is 11.3 Å². The first kappa shape index (κ1) is 21.6. The molecule has 0 fully saturated rings. The lowest BCUT2D eigenvalue weighted by Crippen LogP contribution is -2.20. The maximum Gasteiger partial charge on any atom is 0.264 e. The molecule has 2 aromatic carbocycles. The minimum absolute atomic E-state index is 0.119. The summed E-state index contributed by atoms with van der Waals surface area (Å²) in [6.07, 6.45) is 0. The number of methoxy groups -OCH3 is 1. The zero-order valence-electron chi connectivity index (χ0n) is 17.3. The van der Waals surface area contributed by atoms with Gasteiger partial charge in [0, 0.05) is 23.6 Å². The van der Waals surface area contributed by atoms with Crippen molar-refractivity contribution >= 4 is 22.4 Å². The lowest BCUT2D eigenvalue weighted by atomic mass is 10.1. The van der Waals surface area contributed by atoms with Gasteiger partial charge in [-0.3, -0.25) is 10.1 Å². The minimum Gasteiger partial charge on any atom is -0.497 e. The van der Waals surface area contributed by atoms with Crippen LogP contribution in [-0.4, -0.2) is 56.8 Å². The summed E-state index contributed by atoms with van der Waals surface area (Å²) in [6, 6.07) is 14.9. The number of thiazole rings is 1. The fraction of sp³-hybridized carbons (Fsp3) is 0.273. The second kappa shape index (κ2) is 10.6. The third-order valence-corrected chi connectivity index (χ3v) is 4.88. The number of para-hydroxylation sites is 1. The van der Waals surface area contributed by atoms with E-state index in [4.69, 9.17) is 14.2 Å². The van der Waals surface area contributed by atoms with Gasteiger partial charge in [-0.2, -0.15) is 0 Å². The highest BCUT2D eigenvalue weighted by Crippen LogP contribution is 2.32. The predicted octanol–water partition coefficient (Wildman–Crippen LogP) is 3.78. The number of nitrogens with one attached hydrogen (secondary N) is 1. The number of ether oxygens (including phenoxy) is 3. The Morgan fingerprint density at radius 1 is 1.10 bits per heavy atom. The molecule has 0 bridgehead atoms. The van der Waals surface area contributed by atoms with Crippen LogP contribution < -0.4 is 19.5 Å². The number of carbonyl (C=O) groups is 1. The molecule has 30 heavy (non-hydrogen) atoms. The summed E-state index contributed by atoms with van der Waals surface area (Å²) < 4.78 is 16.6. The molecule has 0 aliphatic carbocycles. The molecule has 0 unspecified atom stereocenters. The highest BCUT2D eigenvalue weighted by Gasteiger charge is 2.12. The maximum atomic E-state index is 12.2. The lowest BCUT2D eigenvalue weighted by Gasteiger charge is -2.13. The van der Waals surface area contributed by atoms with E-state index in [1.54, 1.807) is 25.3 Å². The Kier molecular flexibility index (Phi) is 7.64. The van der Waals surface area contributed by atoms with Gasteiger partial charge >= 0.3 is 0 Å². The van der Waals surface area contributed by atoms with Crippen molar-refractivity contribution in [2.75, 3.05) is 46.3 Å². The zero-order chi connectivity index (χ0) is 21.3. The number of anilines is 1. The van der Waals surface area contributed by atoms with Gasteiger partial charge in [0.1, 0.15) is 23.9 Å². The molecule has 8 heteroatoms. The van der Waals surface area contributed by atoms with E-state index in [1.807, 2.05) is 49.8 Å². The van der Waals surface area contributed by atoms with Crippen molar-refractivity contribution in [3.8, 4) is 28.5 Å². The van der Waals surface area contributed by atoms with Crippen molar-refractivity contribution in [3.63, 3.8) is 0 Å². The van der Waals surface area contributed by atoms with Crippen LogP contribution in [0.15, 0.2) is 53.9 Å². The molecule has 1 aromatic heterocycles. The predicted molar refractivity (Wildman–Crippen MR) is 119 cm³/mol. The number of rotatable bonds is 10. The van der Waals surface area contributed by atoms with Gasteiger partial charge in [-0.25, -0.2) is 4.98 Å². The van der Waals surface area contributed by atoms with Crippen molar-refractivity contribution in [2.45, 2.75) is 0 Å². The molecule has 0 radical (unpaired) electrons. The molecule has 7 nitrogen and oxygen atoms in total. The van der Waals surface area contributed by atoms with E-state index in [-0.39, 0.29) is 12.5 Å². The van der Waals surface area contributed by atoms with Gasteiger partial charge < -0.3 is 19.1 Å². The second-order valence-electron chi connectivity index (χ2n) is 6.70. The van der Waals surface area contributed by atoms with Gasteiger partial charge in [-0.1, -0.05) is 18.2 Å². The molecule has 0 saturated heterocycles. The quantitative estimate of drug-likeness (QED) is 0.531. The number of carbonyl (C=O) groups excluding carboxylic acids is 1. The smallest absolute Gasteiger partial charge is 0.264 e. The van der Waals surface area contributed by atoms with E-state index in [0.29, 0.717) is 23.2 Å². The maximum absolute atomic E-state index is 12.2. The van der Waals surface area contributed by atoms with E-state index in [9.17, 15) is 4.79 Å². The Morgan fingerprint density at radius 3 is 2.70 bits per heavy atom. The van der Waals surface area contributed by atoms with Gasteiger partial charge in [0.05, 0.1) is 12.8 Å².